The summed E-state index contributed by atoms with van der Waals surface area (Å²) in [7, 11) is 0. The maximum Gasteiger partial charge on any atom is 0.163 e. The highest BCUT2D eigenvalue weighted by Crippen LogP contribution is 2.28. The van der Waals surface area contributed by atoms with E-state index in [0.717, 1.165) is 48.8 Å². The molecule has 0 bridgehead atoms. The Hall–Kier alpha value is -1.65. The van der Waals surface area contributed by atoms with Gasteiger partial charge in [-0.1, -0.05) is 23.7 Å². The zero-order valence-corrected chi connectivity index (χ0v) is 13.1. The Morgan fingerprint density at radius 3 is 2.52 bits per heavy atom. The minimum Gasteiger partial charge on any atom is -0.354 e. The second kappa shape index (κ2) is 6.00. The maximum atomic E-state index is 6.29. The number of rotatable bonds is 2. The van der Waals surface area contributed by atoms with Gasteiger partial charge in [-0.15, -0.1) is 0 Å². The third kappa shape index (κ3) is 2.87. The molecule has 1 fully saturated rings. The highest BCUT2D eigenvalue weighted by molar-refractivity contribution is 6.33. The van der Waals surface area contributed by atoms with E-state index in [9.17, 15) is 0 Å². The fourth-order valence-electron chi connectivity index (χ4n) is 2.56. The molecule has 1 N–H and O–H groups in total. The van der Waals surface area contributed by atoms with E-state index in [1.165, 1.54) is 0 Å². The summed E-state index contributed by atoms with van der Waals surface area (Å²) in [4.78, 5) is 11.7. The van der Waals surface area contributed by atoms with Crippen LogP contribution in [-0.2, 0) is 0 Å². The lowest BCUT2D eigenvalue weighted by atomic mass is 10.1. The van der Waals surface area contributed by atoms with Gasteiger partial charge in [-0.3, -0.25) is 0 Å². The first kappa shape index (κ1) is 14.3. The number of benzene rings is 1. The standard InChI is InChI=1S/C16H19ClN4/c1-11-12(2)19-15(13-5-3-4-6-14(13)17)20-16(11)21-9-7-18-8-10-21/h3-6,18H,7-10H2,1-2H3. The van der Waals surface area contributed by atoms with Crippen molar-refractivity contribution in [3.63, 3.8) is 0 Å². The van der Waals surface area contributed by atoms with Gasteiger partial charge in [0.25, 0.3) is 0 Å². The fraction of sp³-hybridized carbons (Fsp3) is 0.375. The van der Waals surface area contributed by atoms with Crippen LogP contribution in [0.1, 0.15) is 11.3 Å². The average molecular weight is 303 g/mol. The van der Waals surface area contributed by atoms with Crippen LogP contribution in [0.15, 0.2) is 24.3 Å². The lowest BCUT2D eigenvalue weighted by Gasteiger charge is -2.30. The Labute approximate surface area is 130 Å². The van der Waals surface area contributed by atoms with Gasteiger partial charge in [0.1, 0.15) is 5.82 Å². The normalized spacial score (nSPS) is 15.3. The van der Waals surface area contributed by atoms with Crippen molar-refractivity contribution in [3.05, 3.63) is 40.5 Å². The van der Waals surface area contributed by atoms with E-state index in [2.05, 4.69) is 22.1 Å². The highest BCUT2D eigenvalue weighted by Gasteiger charge is 2.18. The highest BCUT2D eigenvalue weighted by atomic mass is 35.5. The second-order valence-corrected chi connectivity index (χ2v) is 5.71. The van der Waals surface area contributed by atoms with Gasteiger partial charge in [0.15, 0.2) is 5.82 Å². The van der Waals surface area contributed by atoms with Crippen molar-refractivity contribution in [1.29, 1.82) is 0 Å². The summed E-state index contributed by atoms with van der Waals surface area (Å²) in [5, 5.41) is 4.05. The molecule has 0 atom stereocenters. The number of halogens is 1. The van der Waals surface area contributed by atoms with E-state index in [0.29, 0.717) is 10.8 Å². The van der Waals surface area contributed by atoms with Crippen molar-refractivity contribution in [2.24, 2.45) is 0 Å². The molecule has 1 saturated heterocycles. The molecule has 1 aliphatic heterocycles. The van der Waals surface area contributed by atoms with E-state index in [1.54, 1.807) is 0 Å². The van der Waals surface area contributed by atoms with Crippen molar-refractivity contribution < 1.29 is 0 Å². The molecule has 21 heavy (non-hydrogen) atoms. The minimum atomic E-state index is 0.687. The molecule has 1 aliphatic rings. The summed E-state index contributed by atoms with van der Waals surface area (Å²) in [6.45, 7) is 8.04. The molecule has 110 valence electrons. The summed E-state index contributed by atoms with van der Waals surface area (Å²) in [6.07, 6.45) is 0. The van der Waals surface area contributed by atoms with Crippen molar-refractivity contribution in [1.82, 2.24) is 15.3 Å². The Kier molecular flexibility index (Phi) is 4.08. The number of hydrogen-bond donors (Lipinski definition) is 1. The number of aromatic nitrogens is 2. The predicted molar refractivity (Wildman–Crippen MR) is 87.0 cm³/mol. The Balaban J connectivity index is 2.07. The van der Waals surface area contributed by atoms with Crippen molar-refractivity contribution in [2.75, 3.05) is 31.1 Å². The van der Waals surface area contributed by atoms with Crippen LogP contribution in [0.4, 0.5) is 5.82 Å². The third-order valence-electron chi connectivity index (χ3n) is 3.89. The number of hydrogen-bond acceptors (Lipinski definition) is 4. The first-order valence-electron chi connectivity index (χ1n) is 7.22. The van der Waals surface area contributed by atoms with Gasteiger partial charge in [-0.25, -0.2) is 9.97 Å². The first-order chi connectivity index (χ1) is 10.2. The number of nitrogens with one attached hydrogen (secondary N) is 1. The van der Waals surface area contributed by atoms with Crippen LogP contribution in [0.5, 0.6) is 0 Å². The quantitative estimate of drug-likeness (QED) is 0.926. The lowest BCUT2D eigenvalue weighted by Crippen LogP contribution is -2.44. The van der Waals surface area contributed by atoms with Gasteiger partial charge >= 0.3 is 0 Å². The van der Waals surface area contributed by atoms with E-state index in [-0.39, 0.29) is 0 Å². The molecule has 4 nitrogen and oxygen atoms in total. The summed E-state index contributed by atoms with van der Waals surface area (Å²) < 4.78 is 0. The number of anilines is 1. The number of piperazine rings is 1. The van der Waals surface area contributed by atoms with Crippen LogP contribution in [-0.4, -0.2) is 36.1 Å². The molecule has 1 aromatic carbocycles. The monoisotopic (exact) mass is 302 g/mol. The Bertz CT molecular complexity index is 651. The average Bonchev–Trinajstić information content (AvgIpc) is 2.51. The van der Waals surface area contributed by atoms with Crippen LogP contribution in [0, 0.1) is 13.8 Å². The van der Waals surface area contributed by atoms with Crippen LogP contribution in [0.2, 0.25) is 5.02 Å². The van der Waals surface area contributed by atoms with Crippen LogP contribution in [0.25, 0.3) is 11.4 Å². The molecular weight excluding hydrogens is 284 g/mol. The molecule has 0 unspecified atom stereocenters. The van der Waals surface area contributed by atoms with Crippen LogP contribution < -0.4 is 10.2 Å². The SMILES string of the molecule is Cc1nc(-c2ccccc2Cl)nc(N2CCNCC2)c1C. The fourth-order valence-corrected chi connectivity index (χ4v) is 2.78. The van der Waals surface area contributed by atoms with Crippen molar-refractivity contribution in [3.8, 4) is 11.4 Å². The first-order valence-corrected chi connectivity index (χ1v) is 7.60. The molecule has 0 spiro atoms. The van der Waals surface area contributed by atoms with E-state index in [1.807, 2.05) is 31.2 Å². The van der Waals surface area contributed by atoms with Gasteiger partial charge < -0.3 is 10.2 Å². The Morgan fingerprint density at radius 1 is 1.10 bits per heavy atom. The summed E-state index contributed by atoms with van der Waals surface area (Å²) in [5.74, 6) is 1.73. The third-order valence-corrected chi connectivity index (χ3v) is 4.22. The van der Waals surface area contributed by atoms with Gasteiger partial charge in [0, 0.05) is 43.0 Å². The van der Waals surface area contributed by atoms with Gasteiger partial charge in [0.05, 0.1) is 5.02 Å². The van der Waals surface area contributed by atoms with Gasteiger partial charge in [0.2, 0.25) is 0 Å². The summed E-state index contributed by atoms with van der Waals surface area (Å²) >= 11 is 6.29. The molecule has 0 aliphatic carbocycles. The molecule has 0 amide bonds. The largest absolute Gasteiger partial charge is 0.354 e. The molecule has 0 radical (unpaired) electrons. The van der Waals surface area contributed by atoms with E-state index < -0.39 is 0 Å². The molecule has 2 aromatic rings. The minimum absolute atomic E-state index is 0.687. The molecule has 1 aromatic heterocycles. The number of nitrogens with zero attached hydrogens (tertiary/aromatic N) is 3. The van der Waals surface area contributed by atoms with E-state index >= 15 is 0 Å². The lowest BCUT2D eigenvalue weighted by molar-refractivity contribution is 0.583. The molecule has 5 heteroatoms. The maximum absolute atomic E-state index is 6.29. The summed E-state index contributed by atoms with van der Waals surface area (Å²) in [5.41, 5.74) is 3.04. The summed E-state index contributed by atoms with van der Waals surface area (Å²) in [6, 6.07) is 7.72. The molecule has 3 rings (SSSR count). The smallest absolute Gasteiger partial charge is 0.163 e. The zero-order chi connectivity index (χ0) is 14.8. The zero-order valence-electron chi connectivity index (χ0n) is 12.4. The predicted octanol–water partition coefficient (Wildman–Crippen LogP) is 2.82. The molecule has 2 heterocycles. The molecular formula is C16H19ClN4. The molecule has 0 saturated carbocycles. The van der Waals surface area contributed by atoms with Gasteiger partial charge in [-0.2, -0.15) is 0 Å². The van der Waals surface area contributed by atoms with Crippen molar-refractivity contribution >= 4 is 17.4 Å². The second-order valence-electron chi connectivity index (χ2n) is 5.30. The van der Waals surface area contributed by atoms with E-state index in [4.69, 9.17) is 16.6 Å². The Morgan fingerprint density at radius 2 is 1.81 bits per heavy atom. The van der Waals surface area contributed by atoms with Crippen LogP contribution in [0.3, 0.4) is 0 Å². The van der Waals surface area contributed by atoms with Crippen molar-refractivity contribution in [2.45, 2.75) is 13.8 Å². The number of aryl methyl sites for hydroxylation is 1. The van der Waals surface area contributed by atoms with Gasteiger partial charge in [-0.05, 0) is 26.0 Å². The topological polar surface area (TPSA) is 41.1 Å². The van der Waals surface area contributed by atoms with Crippen LogP contribution >= 0.6 is 11.6 Å².